The third kappa shape index (κ3) is 3.77. The van der Waals surface area contributed by atoms with Crippen molar-refractivity contribution in [2.24, 2.45) is 0 Å². The average molecular weight is 268 g/mol. The number of thioether (sulfide) groups is 1. The Morgan fingerprint density at radius 2 is 1.83 bits per heavy atom. The average Bonchev–Trinajstić information content (AvgIpc) is 2.40. The molecule has 0 amide bonds. The van der Waals surface area contributed by atoms with E-state index in [0.717, 1.165) is 36.8 Å². The van der Waals surface area contributed by atoms with Gasteiger partial charge in [0, 0.05) is 24.4 Å². The second-order valence-corrected chi connectivity index (χ2v) is 5.66. The molecule has 0 spiro atoms. The molecule has 0 atom stereocenters. The van der Waals surface area contributed by atoms with E-state index < -0.39 is 0 Å². The number of nitrogens with zero attached hydrogens (tertiary/aromatic N) is 2. The summed E-state index contributed by atoms with van der Waals surface area (Å²) in [5.41, 5.74) is 0. The van der Waals surface area contributed by atoms with Gasteiger partial charge in [0.05, 0.1) is 0 Å². The van der Waals surface area contributed by atoms with Crippen LogP contribution in [-0.4, -0.2) is 34.6 Å². The summed E-state index contributed by atoms with van der Waals surface area (Å²) >= 11 is 1.93. The SMILES string of the molecule is CCC(CC)(CNc1cc(NC)nc(C)n1)SC. The summed E-state index contributed by atoms with van der Waals surface area (Å²) in [6.07, 6.45) is 4.49. The minimum Gasteiger partial charge on any atom is -0.373 e. The molecule has 5 heteroatoms. The largest absolute Gasteiger partial charge is 0.373 e. The van der Waals surface area contributed by atoms with Gasteiger partial charge in [-0.05, 0) is 26.0 Å². The molecule has 0 aliphatic heterocycles. The molecule has 1 heterocycles. The van der Waals surface area contributed by atoms with Crippen molar-refractivity contribution >= 4 is 23.4 Å². The second kappa shape index (κ2) is 6.83. The third-order valence-corrected chi connectivity index (χ3v) is 5.00. The van der Waals surface area contributed by atoms with Crippen molar-refractivity contribution in [2.75, 3.05) is 30.5 Å². The molecular formula is C13H24N4S. The smallest absolute Gasteiger partial charge is 0.131 e. The van der Waals surface area contributed by atoms with Crippen LogP contribution < -0.4 is 10.6 Å². The van der Waals surface area contributed by atoms with E-state index in [1.807, 2.05) is 31.8 Å². The van der Waals surface area contributed by atoms with Gasteiger partial charge >= 0.3 is 0 Å². The van der Waals surface area contributed by atoms with E-state index in [0.29, 0.717) is 4.75 Å². The van der Waals surface area contributed by atoms with Gasteiger partial charge in [-0.3, -0.25) is 0 Å². The number of hydrogen-bond donors (Lipinski definition) is 2. The fraction of sp³-hybridized carbons (Fsp3) is 0.692. The van der Waals surface area contributed by atoms with E-state index in [1.54, 1.807) is 0 Å². The first kappa shape index (κ1) is 15.1. The highest BCUT2D eigenvalue weighted by Crippen LogP contribution is 2.30. The Morgan fingerprint density at radius 3 is 2.33 bits per heavy atom. The summed E-state index contributed by atoms with van der Waals surface area (Å²) in [7, 11) is 1.87. The Morgan fingerprint density at radius 1 is 1.22 bits per heavy atom. The fourth-order valence-electron chi connectivity index (χ4n) is 1.90. The molecule has 0 unspecified atom stereocenters. The Bertz CT molecular complexity index is 369. The predicted molar refractivity (Wildman–Crippen MR) is 81.6 cm³/mol. The van der Waals surface area contributed by atoms with Crippen LogP contribution in [0.25, 0.3) is 0 Å². The highest BCUT2D eigenvalue weighted by atomic mass is 32.2. The summed E-state index contributed by atoms with van der Waals surface area (Å²) < 4.78 is 0.290. The van der Waals surface area contributed by atoms with Gasteiger partial charge in [-0.15, -0.1) is 0 Å². The van der Waals surface area contributed by atoms with E-state index in [4.69, 9.17) is 0 Å². The van der Waals surface area contributed by atoms with Gasteiger partial charge in [-0.2, -0.15) is 11.8 Å². The molecule has 0 saturated heterocycles. The Labute approximate surface area is 114 Å². The topological polar surface area (TPSA) is 49.8 Å². The number of aromatic nitrogens is 2. The number of rotatable bonds is 7. The van der Waals surface area contributed by atoms with E-state index in [1.165, 1.54) is 0 Å². The zero-order valence-corrected chi connectivity index (χ0v) is 12.8. The minimum absolute atomic E-state index is 0.290. The fourth-order valence-corrected chi connectivity index (χ4v) is 2.69. The summed E-state index contributed by atoms with van der Waals surface area (Å²) in [6, 6.07) is 1.95. The maximum Gasteiger partial charge on any atom is 0.131 e. The zero-order chi connectivity index (χ0) is 13.6. The van der Waals surface area contributed by atoms with Crippen LogP contribution in [-0.2, 0) is 0 Å². The Balaban J connectivity index is 2.76. The molecule has 1 aromatic rings. The Hall–Kier alpha value is -0.970. The van der Waals surface area contributed by atoms with Crippen LogP contribution in [0.3, 0.4) is 0 Å². The highest BCUT2D eigenvalue weighted by molar-refractivity contribution is 8.00. The van der Waals surface area contributed by atoms with Crippen LogP contribution in [0.15, 0.2) is 6.07 Å². The van der Waals surface area contributed by atoms with Crippen molar-refractivity contribution in [1.29, 1.82) is 0 Å². The summed E-state index contributed by atoms with van der Waals surface area (Å²) in [5.74, 6) is 2.53. The first-order valence-electron chi connectivity index (χ1n) is 6.41. The molecule has 18 heavy (non-hydrogen) atoms. The van der Waals surface area contributed by atoms with E-state index in [-0.39, 0.29) is 0 Å². The van der Waals surface area contributed by atoms with Gasteiger partial charge in [-0.25, -0.2) is 9.97 Å². The minimum atomic E-state index is 0.290. The van der Waals surface area contributed by atoms with Crippen LogP contribution in [0.1, 0.15) is 32.5 Å². The quantitative estimate of drug-likeness (QED) is 0.795. The highest BCUT2D eigenvalue weighted by Gasteiger charge is 2.24. The van der Waals surface area contributed by atoms with Gasteiger partial charge in [0.25, 0.3) is 0 Å². The van der Waals surface area contributed by atoms with Crippen molar-refractivity contribution in [1.82, 2.24) is 9.97 Å². The van der Waals surface area contributed by atoms with Crippen LogP contribution >= 0.6 is 11.8 Å². The maximum atomic E-state index is 4.42. The van der Waals surface area contributed by atoms with Gasteiger partial charge < -0.3 is 10.6 Å². The first-order valence-corrected chi connectivity index (χ1v) is 7.64. The number of anilines is 2. The molecule has 4 nitrogen and oxygen atoms in total. The van der Waals surface area contributed by atoms with E-state index >= 15 is 0 Å². The molecule has 0 fully saturated rings. The van der Waals surface area contributed by atoms with E-state index in [2.05, 4.69) is 40.7 Å². The molecule has 1 rings (SSSR count). The van der Waals surface area contributed by atoms with Crippen molar-refractivity contribution < 1.29 is 0 Å². The van der Waals surface area contributed by atoms with Crippen LogP contribution in [0.2, 0.25) is 0 Å². The second-order valence-electron chi connectivity index (χ2n) is 4.38. The zero-order valence-electron chi connectivity index (χ0n) is 12.0. The number of hydrogen-bond acceptors (Lipinski definition) is 5. The van der Waals surface area contributed by atoms with Gasteiger partial charge in [0.1, 0.15) is 17.5 Å². The lowest BCUT2D eigenvalue weighted by Gasteiger charge is -2.30. The van der Waals surface area contributed by atoms with Crippen molar-refractivity contribution in [3.8, 4) is 0 Å². The molecule has 102 valence electrons. The summed E-state index contributed by atoms with van der Waals surface area (Å²) in [5, 5.41) is 6.49. The number of aryl methyl sites for hydroxylation is 1. The molecule has 0 aromatic carbocycles. The van der Waals surface area contributed by atoms with Crippen LogP contribution in [0, 0.1) is 6.92 Å². The molecule has 1 aromatic heterocycles. The lowest BCUT2D eigenvalue weighted by molar-refractivity contribution is 0.574. The molecule has 2 N–H and O–H groups in total. The Kier molecular flexibility index (Phi) is 5.72. The van der Waals surface area contributed by atoms with Crippen LogP contribution in [0.4, 0.5) is 11.6 Å². The standard InChI is InChI=1S/C13H24N4S/c1-6-13(7-2,18-5)9-15-12-8-11(14-4)16-10(3)17-12/h8H,6-7,9H2,1-5H3,(H2,14,15,16,17). The predicted octanol–water partition coefficient (Wildman–Crippen LogP) is 3.16. The summed E-state index contributed by atoms with van der Waals surface area (Å²) in [4.78, 5) is 8.71. The van der Waals surface area contributed by atoms with Crippen LogP contribution in [0.5, 0.6) is 0 Å². The molecule has 0 bridgehead atoms. The molecule has 0 aliphatic rings. The van der Waals surface area contributed by atoms with Crippen molar-refractivity contribution in [2.45, 2.75) is 38.4 Å². The summed E-state index contributed by atoms with van der Waals surface area (Å²) in [6.45, 7) is 7.33. The van der Waals surface area contributed by atoms with Gasteiger partial charge in [-0.1, -0.05) is 13.8 Å². The van der Waals surface area contributed by atoms with Crippen molar-refractivity contribution in [3.05, 3.63) is 11.9 Å². The monoisotopic (exact) mass is 268 g/mol. The first-order chi connectivity index (χ1) is 8.59. The lowest BCUT2D eigenvalue weighted by Crippen LogP contribution is -2.32. The number of nitrogens with one attached hydrogen (secondary N) is 2. The van der Waals surface area contributed by atoms with Crippen molar-refractivity contribution in [3.63, 3.8) is 0 Å². The van der Waals surface area contributed by atoms with Gasteiger partial charge in [0.2, 0.25) is 0 Å². The van der Waals surface area contributed by atoms with Gasteiger partial charge in [0.15, 0.2) is 0 Å². The molecule has 0 aliphatic carbocycles. The molecular weight excluding hydrogens is 244 g/mol. The molecule has 0 radical (unpaired) electrons. The van der Waals surface area contributed by atoms with E-state index in [9.17, 15) is 0 Å². The maximum absolute atomic E-state index is 4.42. The lowest BCUT2D eigenvalue weighted by atomic mass is 10.0. The molecule has 0 saturated carbocycles. The normalized spacial score (nSPS) is 11.4. The third-order valence-electron chi connectivity index (χ3n) is 3.41.